The molecule has 0 aromatic rings. The lowest BCUT2D eigenvalue weighted by Gasteiger charge is -2.58. The van der Waals surface area contributed by atoms with E-state index in [1.165, 1.54) is 5.57 Å². The highest BCUT2D eigenvalue weighted by Gasteiger charge is 2.71. The highest BCUT2D eigenvalue weighted by molar-refractivity contribution is 5.93. The molecule has 1 N–H and O–H groups in total. The zero-order valence-electron chi connectivity index (χ0n) is 14.9. The number of aliphatic hydroxyl groups is 1. The molecule has 3 nitrogen and oxygen atoms in total. The van der Waals surface area contributed by atoms with Gasteiger partial charge in [0, 0.05) is 17.8 Å². The summed E-state index contributed by atoms with van der Waals surface area (Å²) >= 11 is 0. The van der Waals surface area contributed by atoms with Crippen molar-refractivity contribution in [1.82, 2.24) is 0 Å². The van der Waals surface area contributed by atoms with Crippen molar-refractivity contribution in [2.45, 2.75) is 52.1 Å². The van der Waals surface area contributed by atoms with Gasteiger partial charge in [-0.2, -0.15) is 0 Å². The summed E-state index contributed by atoms with van der Waals surface area (Å²) in [6.07, 6.45) is 9.03. The molecule has 0 aromatic carbocycles. The van der Waals surface area contributed by atoms with Crippen molar-refractivity contribution in [3.63, 3.8) is 0 Å². The van der Waals surface area contributed by atoms with E-state index in [2.05, 4.69) is 26.0 Å². The van der Waals surface area contributed by atoms with E-state index in [1.54, 1.807) is 7.11 Å². The summed E-state index contributed by atoms with van der Waals surface area (Å²) in [5.41, 5.74) is 1.12. The summed E-state index contributed by atoms with van der Waals surface area (Å²) in [6.45, 7) is 4.49. The smallest absolute Gasteiger partial charge is 0.142 e. The number of aliphatic hydroxyl groups excluding tert-OH is 1. The number of ether oxygens (including phenoxy) is 1. The van der Waals surface area contributed by atoms with E-state index >= 15 is 0 Å². The number of rotatable bonds is 1. The third-order valence-electron chi connectivity index (χ3n) is 8.38. The van der Waals surface area contributed by atoms with Gasteiger partial charge in [0.05, 0.1) is 19.0 Å². The van der Waals surface area contributed by atoms with E-state index < -0.39 is 0 Å². The fourth-order valence-corrected chi connectivity index (χ4v) is 7.27. The Hall–Kier alpha value is -1.09. The summed E-state index contributed by atoms with van der Waals surface area (Å²) in [5, 5.41) is 11.1. The standard InChI is InChI=1S/C21H28O3/c1-20-7-6-12(24-3)8-11(20)4-5-13-17-14-9-15(14)19(23)21(17,2)10-16(22)18(13)20/h4,8,13-18,22H,5-7,9-10H2,1-3H3/t13?,14-,15+,16-,17?,18?,20+,21+/m1/s1. The molecule has 0 aliphatic heterocycles. The average Bonchev–Trinajstić information content (AvgIpc) is 3.28. The van der Waals surface area contributed by atoms with Crippen molar-refractivity contribution >= 4 is 5.78 Å². The van der Waals surface area contributed by atoms with Gasteiger partial charge in [0.1, 0.15) is 5.78 Å². The Bertz CT molecular complexity index is 677. The molecule has 5 aliphatic rings. The summed E-state index contributed by atoms with van der Waals surface area (Å²) in [7, 11) is 1.75. The molecule has 0 spiro atoms. The van der Waals surface area contributed by atoms with Gasteiger partial charge in [0.2, 0.25) is 0 Å². The van der Waals surface area contributed by atoms with Crippen molar-refractivity contribution < 1.29 is 14.6 Å². The second kappa shape index (κ2) is 4.55. The van der Waals surface area contributed by atoms with E-state index in [9.17, 15) is 9.90 Å². The molecule has 5 aliphatic carbocycles. The monoisotopic (exact) mass is 328 g/mol. The second-order valence-corrected chi connectivity index (χ2v) is 9.40. The fraction of sp³-hybridized carbons (Fsp3) is 0.762. The normalized spacial score (nSPS) is 54.8. The van der Waals surface area contributed by atoms with E-state index in [1.807, 2.05) is 0 Å². The lowest BCUT2D eigenvalue weighted by molar-refractivity contribution is -0.148. The topological polar surface area (TPSA) is 46.5 Å². The van der Waals surface area contributed by atoms with Crippen LogP contribution in [0.4, 0.5) is 0 Å². The van der Waals surface area contributed by atoms with E-state index in [4.69, 9.17) is 4.74 Å². The first kappa shape index (κ1) is 15.2. The Kier molecular flexibility index (Phi) is 2.88. The largest absolute Gasteiger partial charge is 0.501 e. The van der Waals surface area contributed by atoms with Gasteiger partial charge in [-0.3, -0.25) is 4.79 Å². The maximum Gasteiger partial charge on any atom is 0.142 e. The number of hydrogen-bond donors (Lipinski definition) is 1. The Labute approximate surface area is 144 Å². The summed E-state index contributed by atoms with van der Waals surface area (Å²) in [5.74, 6) is 3.69. The first-order valence-corrected chi connectivity index (χ1v) is 9.58. The van der Waals surface area contributed by atoms with Crippen LogP contribution in [0.5, 0.6) is 0 Å². The van der Waals surface area contributed by atoms with Gasteiger partial charge in [0.15, 0.2) is 0 Å². The Balaban J connectivity index is 1.58. The molecule has 8 atom stereocenters. The van der Waals surface area contributed by atoms with Crippen LogP contribution in [0.25, 0.3) is 0 Å². The van der Waals surface area contributed by atoms with Gasteiger partial charge in [-0.1, -0.05) is 19.9 Å². The number of carbonyl (C=O) groups is 1. The van der Waals surface area contributed by atoms with Crippen molar-refractivity contribution in [1.29, 1.82) is 0 Å². The minimum atomic E-state index is -0.358. The van der Waals surface area contributed by atoms with Crippen LogP contribution in [0.1, 0.15) is 46.0 Å². The number of carbonyl (C=O) groups excluding carboxylic acids is 1. The quantitative estimate of drug-likeness (QED) is 0.801. The van der Waals surface area contributed by atoms with Crippen LogP contribution in [0.3, 0.4) is 0 Å². The van der Waals surface area contributed by atoms with Crippen LogP contribution in [0.2, 0.25) is 0 Å². The molecule has 5 rings (SSSR count). The molecule has 0 aromatic heterocycles. The third kappa shape index (κ3) is 1.65. The molecule has 3 heteroatoms. The predicted molar refractivity (Wildman–Crippen MR) is 90.9 cm³/mol. The summed E-state index contributed by atoms with van der Waals surface area (Å²) in [6, 6.07) is 0. The van der Waals surface area contributed by atoms with Crippen LogP contribution in [0, 0.1) is 40.4 Å². The van der Waals surface area contributed by atoms with Gasteiger partial charge in [-0.15, -0.1) is 0 Å². The molecule has 130 valence electrons. The van der Waals surface area contributed by atoms with Crippen LogP contribution >= 0.6 is 0 Å². The lowest BCUT2D eigenvalue weighted by Crippen LogP contribution is -2.56. The Morgan fingerprint density at radius 2 is 2.00 bits per heavy atom. The highest BCUT2D eigenvalue weighted by atomic mass is 16.5. The molecule has 0 amide bonds. The third-order valence-corrected chi connectivity index (χ3v) is 8.38. The molecule has 24 heavy (non-hydrogen) atoms. The zero-order chi connectivity index (χ0) is 16.9. The molecular weight excluding hydrogens is 300 g/mol. The zero-order valence-corrected chi connectivity index (χ0v) is 14.9. The van der Waals surface area contributed by atoms with Crippen molar-refractivity contribution in [3.8, 4) is 0 Å². The molecule has 3 saturated carbocycles. The van der Waals surface area contributed by atoms with Crippen LogP contribution in [0.15, 0.2) is 23.5 Å². The molecule has 0 heterocycles. The maximum atomic E-state index is 12.8. The van der Waals surface area contributed by atoms with Crippen molar-refractivity contribution in [2.24, 2.45) is 40.4 Å². The van der Waals surface area contributed by atoms with Gasteiger partial charge in [-0.25, -0.2) is 0 Å². The van der Waals surface area contributed by atoms with Gasteiger partial charge < -0.3 is 9.84 Å². The number of methoxy groups -OCH3 is 1. The molecule has 0 bridgehead atoms. The number of allylic oxidation sites excluding steroid dienone is 4. The fourth-order valence-electron chi connectivity index (χ4n) is 7.27. The molecule has 0 radical (unpaired) electrons. The molecule has 3 unspecified atom stereocenters. The second-order valence-electron chi connectivity index (χ2n) is 9.40. The number of ketones is 1. The van der Waals surface area contributed by atoms with Crippen molar-refractivity contribution in [2.75, 3.05) is 7.11 Å². The van der Waals surface area contributed by atoms with Gasteiger partial charge in [0.25, 0.3) is 0 Å². The first-order valence-electron chi connectivity index (χ1n) is 9.58. The Morgan fingerprint density at radius 1 is 1.21 bits per heavy atom. The van der Waals surface area contributed by atoms with Crippen LogP contribution in [-0.4, -0.2) is 24.1 Å². The average molecular weight is 328 g/mol. The van der Waals surface area contributed by atoms with E-state index in [0.29, 0.717) is 35.9 Å². The number of hydrogen-bond acceptors (Lipinski definition) is 3. The van der Waals surface area contributed by atoms with Crippen LogP contribution in [-0.2, 0) is 9.53 Å². The highest BCUT2D eigenvalue weighted by Crippen LogP contribution is 2.71. The lowest BCUT2D eigenvalue weighted by atomic mass is 9.47. The molecule has 0 saturated heterocycles. The molecule has 3 fully saturated rings. The SMILES string of the molecule is COC1=CC2=CCC3C([C@H](O)C[C@]4(C)C(=O)[C@H]5C[C@H]5C34)[C@@]2(C)CC1. The predicted octanol–water partition coefficient (Wildman–Crippen LogP) is 3.49. The number of fused-ring (bicyclic) bond motifs is 7. The summed E-state index contributed by atoms with van der Waals surface area (Å²) < 4.78 is 5.48. The maximum absolute atomic E-state index is 12.8. The molecular formula is C21H28O3. The first-order chi connectivity index (χ1) is 11.4. The van der Waals surface area contributed by atoms with Crippen LogP contribution < -0.4 is 0 Å². The minimum Gasteiger partial charge on any atom is -0.501 e. The van der Waals surface area contributed by atoms with Gasteiger partial charge >= 0.3 is 0 Å². The van der Waals surface area contributed by atoms with E-state index in [0.717, 1.165) is 31.4 Å². The minimum absolute atomic E-state index is 0.0295. The summed E-state index contributed by atoms with van der Waals surface area (Å²) in [4.78, 5) is 12.8. The number of Topliss-reactive ketones (excluding diaryl/α,β-unsaturated/α-hetero) is 1. The van der Waals surface area contributed by atoms with Crippen molar-refractivity contribution in [3.05, 3.63) is 23.5 Å². The van der Waals surface area contributed by atoms with E-state index in [-0.39, 0.29) is 22.9 Å². The Morgan fingerprint density at radius 3 is 2.75 bits per heavy atom. The van der Waals surface area contributed by atoms with Gasteiger partial charge in [-0.05, 0) is 66.4 Å².